The Labute approximate surface area is 179 Å². The molecule has 0 radical (unpaired) electrons. The van der Waals surface area contributed by atoms with Gasteiger partial charge < -0.3 is 18.6 Å². The van der Waals surface area contributed by atoms with Crippen LogP contribution in [-0.4, -0.2) is 38.9 Å². The summed E-state index contributed by atoms with van der Waals surface area (Å²) >= 11 is 0. The largest absolute Gasteiger partial charge is 0.497 e. The zero-order valence-electron chi connectivity index (χ0n) is 17.4. The average molecular weight is 422 g/mol. The summed E-state index contributed by atoms with van der Waals surface area (Å²) in [5, 5.41) is 3.93. The highest BCUT2D eigenvalue weighted by atomic mass is 16.5. The summed E-state index contributed by atoms with van der Waals surface area (Å²) < 4.78 is 21.0. The van der Waals surface area contributed by atoms with Gasteiger partial charge >= 0.3 is 5.97 Å². The van der Waals surface area contributed by atoms with E-state index in [1.807, 2.05) is 0 Å². The van der Waals surface area contributed by atoms with E-state index >= 15 is 0 Å². The monoisotopic (exact) mass is 422 g/mol. The van der Waals surface area contributed by atoms with Crippen molar-refractivity contribution in [1.82, 2.24) is 5.43 Å². The van der Waals surface area contributed by atoms with Gasteiger partial charge in [0.05, 0.1) is 32.6 Å². The van der Waals surface area contributed by atoms with E-state index in [0.29, 0.717) is 40.8 Å². The van der Waals surface area contributed by atoms with Crippen molar-refractivity contribution in [3.8, 4) is 22.8 Å². The molecule has 8 heteroatoms. The summed E-state index contributed by atoms with van der Waals surface area (Å²) in [6.45, 7) is 2.08. The number of nitrogens with one attached hydrogen (secondary N) is 1. The van der Waals surface area contributed by atoms with Crippen LogP contribution in [0, 0.1) is 0 Å². The quantitative estimate of drug-likeness (QED) is 0.336. The van der Waals surface area contributed by atoms with E-state index < -0.39 is 5.91 Å². The Hall–Kier alpha value is -4.07. The average Bonchev–Trinajstić information content (AvgIpc) is 3.27. The molecule has 0 aliphatic rings. The molecular weight excluding hydrogens is 400 g/mol. The van der Waals surface area contributed by atoms with E-state index in [9.17, 15) is 9.59 Å². The standard InChI is InChI=1S/C23H22N2O6/c1-4-30-23(27)16-7-5-15(6-8-16)21-10-9-18(31-21)14-24-25-22(26)17-11-19(28-2)13-20(12-17)29-3/h5-14H,4H2,1-3H3,(H,25,26)/b24-14+. The van der Waals surface area contributed by atoms with Crippen LogP contribution in [0.4, 0.5) is 0 Å². The molecule has 3 rings (SSSR count). The molecule has 0 aliphatic carbocycles. The fourth-order valence-electron chi connectivity index (χ4n) is 2.72. The first kappa shape index (κ1) is 21.6. The number of benzene rings is 2. The molecule has 0 fully saturated rings. The summed E-state index contributed by atoms with van der Waals surface area (Å²) in [6, 6.07) is 15.2. The molecule has 0 aliphatic heterocycles. The van der Waals surface area contributed by atoms with Gasteiger partial charge in [0.2, 0.25) is 0 Å². The minimum atomic E-state index is -0.421. The fourth-order valence-corrected chi connectivity index (χ4v) is 2.72. The Morgan fingerprint density at radius 3 is 2.26 bits per heavy atom. The molecular formula is C23H22N2O6. The normalized spacial score (nSPS) is 10.7. The van der Waals surface area contributed by atoms with Crippen LogP contribution in [0.25, 0.3) is 11.3 Å². The summed E-state index contributed by atoms with van der Waals surface area (Å²) in [4.78, 5) is 24.1. The third kappa shape index (κ3) is 5.51. The molecule has 1 amide bonds. The fraction of sp³-hybridized carbons (Fsp3) is 0.174. The van der Waals surface area contributed by atoms with E-state index in [-0.39, 0.29) is 5.97 Å². The van der Waals surface area contributed by atoms with E-state index in [1.165, 1.54) is 20.4 Å². The number of hydrazone groups is 1. The van der Waals surface area contributed by atoms with Crippen molar-refractivity contribution >= 4 is 18.1 Å². The Morgan fingerprint density at radius 2 is 1.65 bits per heavy atom. The number of rotatable bonds is 8. The van der Waals surface area contributed by atoms with E-state index in [4.69, 9.17) is 18.6 Å². The van der Waals surface area contributed by atoms with Crippen LogP contribution in [0.15, 0.2) is 64.1 Å². The lowest BCUT2D eigenvalue weighted by Gasteiger charge is -2.07. The second kappa shape index (κ2) is 10.1. The Morgan fingerprint density at radius 1 is 0.968 bits per heavy atom. The molecule has 0 saturated heterocycles. The highest BCUT2D eigenvalue weighted by molar-refractivity contribution is 5.95. The predicted molar refractivity (Wildman–Crippen MR) is 115 cm³/mol. The van der Waals surface area contributed by atoms with E-state index in [2.05, 4.69) is 10.5 Å². The maximum atomic E-state index is 12.3. The summed E-state index contributed by atoms with van der Waals surface area (Å²) in [5.74, 6) is 1.26. The number of carbonyl (C=O) groups excluding carboxylic acids is 2. The molecule has 160 valence electrons. The number of methoxy groups -OCH3 is 2. The highest BCUT2D eigenvalue weighted by Gasteiger charge is 2.10. The van der Waals surface area contributed by atoms with Gasteiger partial charge in [-0.1, -0.05) is 12.1 Å². The van der Waals surface area contributed by atoms with Gasteiger partial charge in [0.25, 0.3) is 5.91 Å². The molecule has 0 unspecified atom stereocenters. The smallest absolute Gasteiger partial charge is 0.338 e. The van der Waals surface area contributed by atoms with Gasteiger partial charge in [0, 0.05) is 17.2 Å². The maximum absolute atomic E-state index is 12.3. The molecule has 0 atom stereocenters. The SMILES string of the molecule is CCOC(=O)c1ccc(-c2ccc(/C=N/NC(=O)c3cc(OC)cc(OC)c3)o2)cc1. The van der Waals surface area contributed by atoms with Gasteiger partial charge in [-0.2, -0.15) is 5.10 Å². The van der Waals surface area contributed by atoms with Gasteiger partial charge in [0.1, 0.15) is 23.0 Å². The minimum absolute atomic E-state index is 0.323. The van der Waals surface area contributed by atoms with Crippen molar-refractivity contribution in [3.63, 3.8) is 0 Å². The number of hydrogen-bond donors (Lipinski definition) is 1. The first-order valence-electron chi connectivity index (χ1n) is 9.48. The topological polar surface area (TPSA) is 99.4 Å². The molecule has 0 bridgehead atoms. The molecule has 0 saturated carbocycles. The van der Waals surface area contributed by atoms with Gasteiger partial charge in [-0.15, -0.1) is 0 Å². The number of nitrogens with zero attached hydrogens (tertiary/aromatic N) is 1. The zero-order chi connectivity index (χ0) is 22.2. The molecule has 2 aromatic carbocycles. The van der Waals surface area contributed by atoms with Crippen molar-refractivity contribution in [2.24, 2.45) is 5.10 Å². The van der Waals surface area contributed by atoms with Gasteiger partial charge in [-0.25, -0.2) is 10.2 Å². The van der Waals surface area contributed by atoms with E-state index in [1.54, 1.807) is 61.5 Å². The molecule has 1 N–H and O–H groups in total. The van der Waals surface area contributed by atoms with Gasteiger partial charge in [-0.3, -0.25) is 4.79 Å². The first-order chi connectivity index (χ1) is 15.0. The minimum Gasteiger partial charge on any atom is -0.497 e. The zero-order valence-corrected chi connectivity index (χ0v) is 17.4. The summed E-state index contributed by atoms with van der Waals surface area (Å²) in [6.07, 6.45) is 1.39. The van der Waals surface area contributed by atoms with Crippen LogP contribution in [0.5, 0.6) is 11.5 Å². The van der Waals surface area contributed by atoms with Crippen molar-refractivity contribution in [2.45, 2.75) is 6.92 Å². The molecule has 1 aromatic heterocycles. The lowest BCUT2D eigenvalue weighted by Crippen LogP contribution is -2.17. The number of amides is 1. The lowest BCUT2D eigenvalue weighted by molar-refractivity contribution is 0.0526. The molecule has 1 heterocycles. The Kier molecular flexibility index (Phi) is 7.05. The van der Waals surface area contributed by atoms with Crippen LogP contribution < -0.4 is 14.9 Å². The third-order valence-electron chi connectivity index (χ3n) is 4.28. The number of esters is 1. The van der Waals surface area contributed by atoms with Crippen molar-refractivity contribution in [1.29, 1.82) is 0 Å². The second-order valence-corrected chi connectivity index (χ2v) is 6.30. The van der Waals surface area contributed by atoms with Crippen LogP contribution >= 0.6 is 0 Å². The van der Waals surface area contributed by atoms with E-state index in [0.717, 1.165) is 5.56 Å². The predicted octanol–water partition coefficient (Wildman–Crippen LogP) is 3.90. The van der Waals surface area contributed by atoms with Gasteiger partial charge in [-0.05, 0) is 43.3 Å². The number of carbonyl (C=O) groups is 2. The van der Waals surface area contributed by atoms with Crippen LogP contribution in [0.2, 0.25) is 0 Å². The van der Waals surface area contributed by atoms with Crippen molar-refractivity contribution < 1.29 is 28.2 Å². The second-order valence-electron chi connectivity index (χ2n) is 6.30. The Bertz CT molecular complexity index is 1060. The molecule has 8 nitrogen and oxygen atoms in total. The number of hydrogen-bond acceptors (Lipinski definition) is 7. The molecule has 31 heavy (non-hydrogen) atoms. The third-order valence-corrected chi connectivity index (χ3v) is 4.28. The van der Waals surface area contributed by atoms with Crippen molar-refractivity contribution in [3.05, 3.63) is 71.5 Å². The van der Waals surface area contributed by atoms with Crippen molar-refractivity contribution in [2.75, 3.05) is 20.8 Å². The number of furan rings is 1. The summed E-state index contributed by atoms with van der Waals surface area (Å²) in [7, 11) is 3.01. The van der Waals surface area contributed by atoms with Crippen LogP contribution in [0.1, 0.15) is 33.4 Å². The van der Waals surface area contributed by atoms with Crippen LogP contribution in [-0.2, 0) is 4.74 Å². The number of ether oxygens (including phenoxy) is 3. The maximum Gasteiger partial charge on any atom is 0.338 e. The highest BCUT2D eigenvalue weighted by Crippen LogP contribution is 2.23. The van der Waals surface area contributed by atoms with Crippen LogP contribution in [0.3, 0.4) is 0 Å². The molecule has 0 spiro atoms. The summed E-state index contributed by atoms with van der Waals surface area (Å²) in [5.41, 5.74) is 4.04. The van der Waals surface area contributed by atoms with Gasteiger partial charge in [0.15, 0.2) is 0 Å². The first-order valence-corrected chi connectivity index (χ1v) is 9.48. The lowest BCUT2D eigenvalue weighted by atomic mass is 10.1. The molecule has 3 aromatic rings. The Balaban J connectivity index is 1.64.